The van der Waals surface area contributed by atoms with Crippen molar-refractivity contribution in [3.63, 3.8) is 0 Å². The molecule has 1 atom stereocenters. The number of benzene rings is 1. The molecule has 0 aromatic heterocycles. The Hall–Kier alpha value is -1.88. The Morgan fingerprint density at radius 2 is 1.57 bits per heavy atom. The minimum atomic E-state index is -0.0736. The van der Waals surface area contributed by atoms with Crippen LogP contribution in [-0.2, 0) is 14.3 Å². The summed E-state index contributed by atoms with van der Waals surface area (Å²) in [7, 11) is 0. The molecule has 1 saturated heterocycles. The minimum Gasteiger partial charge on any atom is -0.381 e. The lowest BCUT2D eigenvalue weighted by atomic mass is 9.88. The second kappa shape index (κ2) is 7.59. The van der Waals surface area contributed by atoms with Crippen molar-refractivity contribution in [3.05, 3.63) is 24.3 Å². The third kappa shape index (κ3) is 4.32. The maximum Gasteiger partial charge on any atom is 0.229 e. The zero-order chi connectivity index (χ0) is 16.1. The Balaban J connectivity index is 1.58. The average molecular weight is 316 g/mol. The maximum atomic E-state index is 12.3. The monoisotopic (exact) mass is 316 g/mol. The van der Waals surface area contributed by atoms with Crippen molar-refractivity contribution < 1.29 is 14.3 Å². The predicted octanol–water partition coefficient (Wildman–Crippen LogP) is 3.18. The fourth-order valence-corrected chi connectivity index (χ4v) is 3.27. The van der Waals surface area contributed by atoms with Gasteiger partial charge in [-0.15, -0.1) is 0 Å². The van der Waals surface area contributed by atoms with Crippen LogP contribution in [-0.4, -0.2) is 25.0 Å². The molecule has 1 saturated carbocycles. The molecule has 0 radical (unpaired) electrons. The number of ether oxygens (including phenoxy) is 1. The summed E-state index contributed by atoms with van der Waals surface area (Å²) in [5.74, 6) is 0.128. The highest BCUT2D eigenvalue weighted by Crippen LogP contribution is 2.25. The van der Waals surface area contributed by atoms with E-state index >= 15 is 0 Å². The van der Waals surface area contributed by atoms with Gasteiger partial charge in [0.05, 0.1) is 12.5 Å². The van der Waals surface area contributed by atoms with Gasteiger partial charge in [0.25, 0.3) is 0 Å². The van der Waals surface area contributed by atoms with Crippen LogP contribution in [0.25, 0.3) is 0 Å². The number of hydrogen-bond acceptors (Lipinski definition) is 3. The molecule has 1 aliphatic carbocycles. The zero-order valence-electron chi connectivity index (χ0n) is 13.3. The Bertz CT molecular complexity index is 561. The van der Waals surface area contributed by atoms with Gasteiger partial charge in [0.2, 0.25) is 11.8 Å². The van der Waals surface area contributed by atoms with E-state index in [0.29, 0.717) is 18.9 Å². The fourth-order valence-electron chi connectivity index (χ4n) is 3.27. The summed E-state index contributed by atoms with van der Waals surface area (Å²) in [4.78, 5) is 24.4. The number of nitrogens with one attached hydrogen (secondary N) is 2. The zero-order valence-corrected chi connectivity index (χ0v) is 13.3. The molecule has 124 valence electrons. The van der Waals surface area contributed by atoms with Crippen LogP contribution in [0.1, 0.15) is 38.5 Å². The first-order valence-corrected chi connectivity index (χ1v) is 8.52. The molecule has 2 amide bonds. The summed E-state index contributed by atoms with van der Waals surface area (Å²) < 4.78 is 5.24. The van der Waals surface area contributed by atoms with Crippen LogP contribution in [0, 0.1) is 11.8 Å². The van der Waals surface area contributed by atoms with Crippen molar-refractivity contribution in [2.75, 3.05) is 23.8 Å². The second-order valence-electron chi connectivity index (χ2n) is 6.45. The van der Waals surface area contributed by atoms with Crippen molar-refractivity contribution in [2.24, 2.45) is 11.8 Å². The topological polar surface area (TPSA) is 67.4 Å². The molecule has 1 unspecified atom stereocenters. The maximum absolute atomic E-state index is 12.3. The van der Waals surface area contributed by atoms with E-state index in [4.69, 9.17) is 4.74 Å². The van der Waals surface area contributed by atoms with Crippen molar-refractivity contribution >= 4 is 23.2 Å². The lowest BCUT2D eigenvalue weighted by Crippen LogP contribution is -2.25. The summed E-state index contributed by atoms with van der Waals surface area (Å²) >= 11 is 0. The Labute approximate surface area is 136 Å². The smallest absolute Gasteiger partial charge is 0.229 e. The van der Waals surface area contributed by atoms with Gasteiger partial charge in [-0.3, -0.25) is 9.59 Å². The summed E-state index contributed by atoms with van der Waals surface area (Å²) in [5, 5.41) is 5.89. The molecule has 0 spiro atoms. The molecular weight excluding hydrogens is 292 g/mol. The predicted molar refractivity (Wildman–Crippen MR) is 89.2 cm³/mol. The molecule has 1 aromatic carbocycles. The molecule has 5 nitrogen and oxygen atoms in total. The van der Waals surface area contributed by atoms with Gasteiger partial charge in [0.1, 0.15) is 0 Å². The van der Waals surface area contributed by atoms with Gasteiger partial charge in [-0.1, -0.05) is 25.3 Å². The van der Waals surface area contributed by atoms with E-state index in [9.17, 15) is 9.59 Å². The first-order valence-electron chi connectivity index (χ1n) is 8.52. The van der Waals surface area contributed by atoms with Gasteiger partial charge in [-0.05, 0) is 37.5 Å². The average Bonchev–Trinajstić information content (AvgIpc) is 3.10. The molecule has 1 aromatic rings. The fraction of sp³-hybridized carbons (Fsp3) is 0.556. The number of carbonyl (C=O) groups excluding carboxylic acids is 2. The molecule has 2 aliphatic rings. The summed E-state index contributed by atoms with van der Waals surface area (Å²) in [6.45, 7) is 1.14. The Morgan fingerprint density at radius 3 is 2.17 bits per heavy atom. The third-order valence-electron chi connectivity index (χ3n) is 4.67. The van der Waals surface area contributed by atoms with Gasteiger partial charge in [-0.25, -0.2) is 0 Å². The molecule has 3 rings (SSSR count). The highest BCUT2D eigenvalue weighted by molar-refractivity contribution is 5.95. The standard InChI is InChI=1S/C18H24N2O3/c21-17(13-5-2-1-3-6-13)19-15-7-4-8-16(11-15)20-18(22)14-9-10-23-12-14/h4,7-8,11,13-14H,1-3,5-6,9-10,12H2,(H,19,21)(H,20,22). The van der Waals surface area contributed by atoms with E-state index in [2.05, 4.69) is 10.6 Å². The summed E-state index contributed by atoms with van der Waals surface area (Å²) in [5.41, 5.74) is 1.45. The largest absolute Gasteiger partial charge is 0.381 e. The van der Waals surface area contributed by atoms with E-state index in [1.165, 1.54) is 6.42 Å². The lowest BCUT2D eigenvalue weighted by molar-refractivity contribution is -0.121. The van der Waals surface area contributed by atoms with Gasteiger partial charge >= 0.3 is 0 Å². The van der Waals surface area contributed by atoms with Gasteiger partial charge in [-0.2, -0.15) is 0 Å². The molecule has 1 aliphatic heterocycles. The highest BCUT2D eigenvalue weighted by Gasteiger charge is 2.24. The van der Waals surface area contributed by atoms with E-state index in [1.807, 2.05) is 24.3 Å². The molecule has 0 bridgehead atoms. The Morgan fingerprint density at radius 1 is 0.913 bits per heavy atom. The van der Waals surface area contributed by atoms with Crippen LogP contribution in [0.5, 0.6) is 0 Å². The van der Waals surface area contributed by atoms with E-state index in [-0.39, 0.29) is 23.7 Å². The summed E-state index contributed by atoms with van der Waals surface area (Å²) in [6, 6.07) is 7.35. The molecule has 2 fully saturated rings. The first-order chi connectivity index (χ1) is 11.2. The van der Waals surface area contributed by atoms with E-state index < -0.39 is 0 Å². The number of hydrogen-bond donors (Lipinski definition) is 2. The molecule has 1 heterocycles. The summed E-state index contributed by atoms with van der Waals surface area (Å²) in [6.07, 6.45) is 6.23. The van der Waals surface area contributed by atoms with Crippen molar-refractivity contribution in [1.29, 1.82) is 0 Å². The number of amides is 2. The van der Waals surface area contributed by atoms with E-state index in [0.717, 1.165) is 37.8 Å². The van der Waals surface area contributed by atoms with Gasteiger partial charge in [0, 0.05) is 23.9 Å². The normalized spacial score (nSPS) is 21.8. The van der Waals surface area contributed by atoms with Crippen molar-refractivity contribution in [3.8, 4) is 0 Å². The van der Waals surface area contributed by atoms with Gasteiger partial charge in [0.15, 0.2) is 0 Å². The molecule has 5 heteroatoms. The molecule has 23 heavy (non-hydrogen) atoms. The SMILES string of the molecule is O=C(Nc1cccc(NC(=O)C2CCOC2)c1)C1CCCCC1. The van der Waals surface area contributed by atoms with Crippen molar-refractivity contribution in [1.82, 2.24) is 0 Å². The second-order valence-corrected chi connectivity index (χ2v) is 6.45. The molecular formula is C18H24N2O3. The van der Waals surface area contributed by atoms with Crippen LogP contribution in [0.3, 0.4) is 0 Å². The van der Waals surface area contributed by atoms with Crippen LogP contribution < -0.4 is 10.6 Å². The quantitative estimate of drug-likeness (QED) is 0.896. The van der Waals surface area contributed by atoms with Crippen molar-refractivity contribution in [2.45, 2.75) is 38.5 Å². The van der Waals surface area contributed by atoms with Crippen LogP contribution in [0.15, 0.2) is 24.3 Å². The van der Waals surface area contributed by atoms with Crippen LogP contribution in [0.2, 0.25) is 0 Å². The Kier molecular flexibility index (Phi) is 5.28. The molecule has 2 N–H and O–H groups in total. The lowest BCUT2D eigenvalue weighted by Gasteiger charge is -2.21. The van der Waals surface area contributed by atoms with Crippen LogP contribution >= 0.6 is 0 Å². The number of carbonyl (C=O) groups is 2. The highest BCUT2D eigenvalue weighted by atomic mass is 16.5. The van der Waals surface area contributed by atoms with Crippen LogP contribution in [0.4, 0.5) is 11.4 Å². The van der Waals surface area contributed by atoms with Gasteiger partial charge < -0.3 is 15.4 Å². The number of anilines is 2. The minimum absolute atomic E-state index is 0.0155. The third-order valence-corrected chi connectivity index (χ3v) is 4.67. The number of rotatable bonds is 4. The first kappa shape index (κ1) is 16.0. The van der Waals surface area contributed by atoms with E-state index in [1.54, 1.807) is 0 Å².